The summed E-state index contributed by atoms with van der Waals surface area (Å²) in [6.45, 7) is 4.30. The lowest BCUT2D eigenvalue weighted by molar-refractivity contribution is 0.543. The van der Waals surface area contributed by atoms with Crippen LogP contribution < -0.4 is 5.32 Å². The number of H-pyrrole nitrogens is 1. The molecule has 0 spiro atoms. The quantitative estimate of drug-likeness (QED) is 0.811. The van der Waals surface area contributed by atoms with E-state index in [-0.39, 0.29) is 0 Å². The zero-order chi connectivity index (χ0) is 10.3. The number of benzene rings is 1. The summed E-state index contributed by atoms with van der Waals surface area (Å²) in [6.07, 6.45) is 0. The molecule has 0 saturated carbocycles. The molecule has 4 heteroatoms. The Bertz CT molecular complexity index is 488. The van der Waals surface area contributed by atoms with Crippen LogP contribution >= 0.6 is 11.8 Å². The molecule has 2 heterocycles. The van der Waals surface area contributed by atoms with Crippen molar-refractivity contribution in [2.24, 2.45) is 0 Å². The van der Waals surface area contributed by atoms with Crippen LogP contribution in [-0.2, 0) is 0 Å². The van der Waals surface area contributed by atoms with Gasteiger partial charge in [0.25, 0.3) is 0 Å². The third-order valence-corrected chi connectivity index (χ3v) is 3.72. The van der Waals surface area contributed by atoms with E-state index in [0.717, 1.165) is 29.3 Å². The van der Waals surface area contributed by atoms with Gasteiger partial charge in [-0.2, -0.15) is 0 Å². The fourth-order valence-electron chi connectivity index (χ4n) is 1.66. The minimum absolute atomic E-state index is 0.687. The maximum Gasteiger partial charge on any atom is 0.166 e. The average molecular weight is 219 g/mol. The monoisotopic (exact) mass is 219 g/mol. The molecule has 1 aliphatic rings. The zero-order valence-electron chi connectivity index (χ0n) is 8.58. The molecule has 0 aliphatic carbocycles. The molecular weight excluding hydrogens is 206 g/mol. The van der Waals surface area contributed by atoms with Gasteiger partial charge in [-0.15, -0.1) is 0 Å². The second kappa shape index (κ2) is 3.54. The highest BCUT2D eigenvalue weighted by molar-refractivity contribution is 7.99. The van der Waals surface area contributed by atoms with Gasteiger partial charge >= 0.3 is 0 Å². The molecule has 0 bridgehead atoms. The maximum atomic E-state index is 4.56. The van der Waals surface area contributed by atoms with E-state index >= 15 is 0 Å². The number of aromatic amines is 1. The Kier molecular flexibility index (Phi) is 2.18. The summed E-state index contributed by atoms with van der Waals surface area (Å²) in [5, 5.41) is 4.99. The molecule has 0 atom stereocenters. The number of nitrogens with one attached hydrogen (secondary N) is 2. The van der Waals surface area contributed by atoms with E-state index in [0.29, 0.717) is 5.25 Å². The molecule has 78 valence electrons. The standard InChI is InChI=1S/C11H13N3S/c1-7-2-3-9-10(4-7)14-11(13-9)15-8-5-12-6-8/h2-4,8,12H,5-6H2,1H3,(H,13,14). The Morgan fingerprint density at radius 2 is 2.27 bits per heavy atom. The molecule has 1 aromatic carbocycles. The smallest absolute Gasteiger partial charge is 0.166 e. The molecular formula is C11H13N3S. The minimum atomic E-state index is 0.687. The second-order valence-corrected chi connectivity index (χ2v) is 5.25. The van der Waals surface area contributed by atoms with Crippen LogP contribution in [0.1, 0.15) is 5.56 Å². The van der Waals surface area contributed by atoms with Crippen LogP contribution in [-0.4, -0.2) is 28.3 Å². The Labute approximate surface area is 92.7 Å². The van der Waals surface area contributed by atoms with Gasteiger partial charge in [0, 0.05) is 18.3 Å². The predicted molar refractivity (Wildman–Crippen MR) is 63.3 cm³/mol. The first-order chi connectivity index (χ1) is 7.31. The van der Waals surface area contributed by atoms with E-state index in [2.05, 4.69) is 40.4 Å². The molecule has 1 fully saturated rings. The van der Waals surface area contributed by atoms with Crippen molar-refractivity contribution in [3.05, 3.63) is 23.8 Å². The van der Waals surface area contributed by atoms with Crippen molar-refractivity contribution in [2.45, 2.75) is 17.3 Å². The number of fused-ring (bicyclic) bond motifs is 1. The largest absolute Gasteiger partial charge is 0.333 e. The predicted octanol–water partition coefficient (Wildman–Crippen LogP) is 1.94. The molecule has 2 N–H and O–H groups in total. The van der Waals surface area contributed by atoms with Crippen molar-refractivity contribution in [3.63, 3.8) is 0 Å². The summed E-state index contributed by atoms with van der Waals surface area (Å²) in [5.41, 5.74) is 3.48. The van der Waals surface area contributed by atoms with Gasteiger partial charge in [-0.3, -0.25) is 0 Å². The molecule has 1 saturated heterocycles. The van der Waals surface area contributed by atoms with Crippen molar-refractivity contribution < 1.29 is 0 Å². The summed E-state index contributed by atoms with van der Waals surface area (Å²) in [4.78, 5) is 7.91. The lowest BCUT2D eigenvalue weighted by atomic mass is 10.2. The Balaban J connectivity index is 1.91. The summed E-state index contributed by atoms with van der Waals surface area (Å²) in [6, 6.07) is 6.32. The van der Waals surface area contributed by atoms with Crippen LogP contribution in [0.25, 0.3) is 11.0 Å². The van der Waals surface area contributed by atoms with Crippen LogP contribution in [0.3, 0.4) is 0 Å². The van der Waals surface area contributed by atoms with E-state index in [9.17, 15) is 0 Å². The van der Waals surface area contributed by atoms with Crippen LogP contribution in [0.2, 0.25) is 0 Å². The van der Waals surface area contributed by atoms with E-state index < -0.39 is 0 Å². The lowest BCUT2D eigenvalue weighted by Crippen LogP contribution is -2.44. The van der Waals surface area contributed by atoms with E-state index in [1.54, 1.807) is 0 Å². The number of thioether (sulfide) groups is 1. The van der Waals surface area contributed by atoms with Crippen LogP contribution in [0.5, 0.6) is 0 Å². The molecule has 1 aromatic heterocycles. The number of hydrogen-bond acceptors (Lipinski definition) is 3. The second-order valence-electron chi connectivity index (χ2n) is 3.96. The van der Waals surface area contributed by atoms with Gasteiger partial charge in [-0.1, -0.05) is 17.8 Å². The Morgan fingerprint density at radius 3 is 3.00 bits per heavy atom. The van der Waals surface area contributed by atoms with E-state index in [4.69, 9.17) is 0 Å². The summed E-state index contributed by atoms with van der Waals surface area (Å²) in [7, 11) is 0. The van der Waals surface area contributed by atoms with Crippen molar-refractivity contribution >= 4 is 22.8 Å². The molecule has 2 aromatic rings. The minimum Gasteiger partial charge on any atom is -0.333 e. The highest BCUT2D eigenvalue weighted by atomic mass is 32.2. The van der Waals surface area contributed by atoms with E-state index in [1.165, 1.54) is 5.56 Å². The van der Waals surface area contributed by atoms with Gasteiger partial charge in [0.05, 0.1) is 11.0 Å². The summed E-state index contributed by atoms with van der Waals surface area (Å²) in [5.74, 6) is 0. The molecule has 0 amide bonds. The van der Waals surface area contributed by atoms with E-state index in [1.807, 2.05) is 11.8 Å². The number of nitrogens with zero attached hydrogens (tertiary/aromatic N) is 1. The Morgan fingerprint density at radius 1 is 1.40 bits per heavy atom. The van der Waals surface area contributed by atoms with Gasteiger partial charge in [0.1, 0.15) is 0 Å². The van der Waals surface area contributed by atoms with Crippen molar-refractivity contribution in [1.82, 2.24) is 15.3 Å². The molecule has 3 nitrogen and oxygen atoms in total. The van der Waals surface area contributed by atoms with Gasteiger partial charge in [0.15, 0.2) is 5.16 Å². The van der Waals surface area contributed by atoms with Crippen molar-refractivity contribution in [2.75, 3.05) is 13.1 Å². The third-order valence-electron chi connectivity index (χ3n) is 2.64. The molecule has 15 heavy (non-hydrogen) atoms. The topological polar surface area (TPSA) is 40.7 Å². The summed E-state index contributed by atoms with van der Waals surface area (Å²) >= 11 is 1.83. The number of rotatable bonds is 2. The van der Waals surface area contributed by atoms with Crippen molar-refractivity contribution in [3.8, 4) is 0 Å². The van der Waals surface area contributed by atoms with Crippen LogP contribution in [0.4, 0.5) is 0 Å². The SMILES string of the molecule is Cc1ccc2nc(SC3CNC3)[nH]c2c1. The van der Waals surface area contributed by atoms with Gasteiger partial charge < -0.3 is 10.3 Å². The summed E-state index contributed by atoms with van der Waals surface area (Å²) < 4.78 is 0. The number of aryl methyl sites for hydroxylation is 1. The normalized spacial score (nSPS) is 16.9. The Hall–Kier alpha value is -1.00. The lowest BCUT2D eigenvalue weighted by Gasteiger charge is -2.24. The average Bonchev–Trinajstić information content (AvgIpc) is 2.53. The molecule has 3 rings (SSSR count). The third kappa shape index (κ3) is 1.75. The van der Waals surface area contributed by atoms with Gasteiger partial charge in [-0.05, 0) is 24.6 Å². The fraction of sp³-hybridized carbons (Fsp3) is 0.364. The van der Waals surface area contributed by atoms with Crippen LogP contribution in [0.15, 0.2) is 23.4 Å². The van der Waals surface area contributed by atoms with Crippen molar-refractivity contribution in [1.29, 1.82) is 0 Å². The fourth-order valence-corrected chi connectivity index (χ4v) is 2.70. The molecule has 1 aliphatic heterocycles. The van der Waals surface area contributed by atoms with Gasteiger partial charge in [-0.25, -0.2) is 4.98 Å². The number of aromatic nitrogens is 2. The first-order valence-electron chi connectivity index (χ1n) is 5.15. The molecule has 0 unspecified atom stereocenters. The first-order valence-corrected chi connectivity index (χ1v) is 6.03. The van der Waals surface area contributed by atoms with Gasteiger partial charge in [0.2, 0.25) is 0 Å². The highest BCUT2D eigenvalue weighted by Crippen LogP contribution is 2.25. The zero-order valence-corrected chi connectivity index (χ0v) is 9.40. The maximum absolute atomic E-state index is 4.56. The highest BCUT2D eigenvalue weighted by Gasteiger charge is 2.19. The number of hydrogen-bond donors (Lipinski definition) is 2. The van der Waals surface area contributed by atoms with Crippen LogP contribution in [0, 0.1) is 6.92 Å². The first kappa shape index (κ1) is 9.24. The number of imidazole rings is 1. The molecule has 0 radical (unpaired) electrons.